The van der Waals surface area contributed by atoms with E-state index in [1.54, 1.807) is 52.0 Å². The highest BCUT2D eigenvalue weighted by Crippen LogP contribution is 2.33. The molecule has 0 aliphatic carbocycles. The van der Waals surface area contributed by atoms with Gasteiger partial charge in [0.05, 0.1) is 24.3 Å². The zero-order valence-corrected chi connectivity index (χ0v) is 22.7. The van der Waals surface area contributed by atoms with Crippen molar-refractivity contribution in [1.82, 2.24) is 0 Å². The number of carbonyl (C=O) groups is 4. The molecular weight excluding hydrogens is 520 g/mol. The molecule has 2 aromatic carbocycles. The van der Waals surface area contributed by atoms with Gasteiger partial charge in [-0.3, -0.25) is 0 Å². The Hall–Kier alpha value is -4.28. The molecular formula is C30H30O10. The largest absolute Gasteiger partial charge is 0.453 e. The van der Waals surface area contributed by atoms with Gasteiger partial charge in [-0.2, -0.15) is 0 Å². The molecule has 0 amide bonds. The number of benzene rings is 2. The Balaban J connectivity index is 1.39. The van der Waals surface area contributed by atoms with Crippen molar-refractivity contribution in [2.75, 3.05) is 13.2 Å². The summed E-state index contributed by atoms with van der Waals surface area (Å²) in [4.78, 5) is 49.0. The van der Waals surface area contributed by atoms with Gasteiger partial charge in [0, 0.05) is 12.2 Å². The summed E-state index contributed by atoms with van der Waals surface area (Å²) >= 11 is 0. The summed E-state index contributed by atoms with van der Waals surface area (Å²) < 4.78 is 33.5. The average Bonchev–Trinajstić information content (AvgIpc) is 3.50. The molecule has 0 spiro atoms. The van der Waals surface area contributed by atoms with Crippen molar-refractivity contribution >= 4 is 23.9 Å². The predicted molar refractivity (Wildman–Crippen MR) is 141 cm³/mol. The summed E-state index contributed by atoms with van der Waals surface area (Å²) in [6.07, 6.45) is -0.509. The Bertz CT molecular complexity index is 1240. The Morgan fingerprint density at radius 2 is 1.00 bits per heavy atom. The minimum Gasteiger partial charge on any atom is -0.453 e. The van der Waals surface area contributed by atoms with Gasteiger partial charge in [0.15, 0.2) is 12.2 Å². The Morgan fingerprint density at radius 3 is 1.30 bits per heavy atom. The summed E-state index contributed by atoms with van der Waals surface area (Å²) in [5, 5.41) is 0. The molecule has 0 unspecified atom stereocenters. The second-order valence-electron chi connectivity index (χ2n) is 9.61. The lowest BCUT2D eigenvalue weighted by atomic mass is 10.0. The van der Waals surface area contributed by atoms with Gasteiger partial charge in [-0.15, -0.1) is 0 Å². The van der Waals surface area contributed by atoms with Crippen LogP contribution >= 0.6 is 0 Å². The molecule has 4 rings (SSSR count). The molecule has 0 N–H and O–H groups in total. The van der Waals surface area contributed by atoms with Gasteiger partial charge in [-0.05, 0) is 74.2 Å². The highest BCUT2D eigenvalue weighted by molar-refractivity contribution is 5.92. The molecule has 2 aliphatic heterocycles. The van der Waals surface area contributed by atoms with E-state index in [4.69, 9.17) is 28.4 Å². The molecule has 0 radical (unpaired) electrons. The molecule has 0 aromatic heterocycles. The third kappa shape index (κ3) is 5.98. The molecule has 2 fully saturated rings. The van der Waals surface area contributed by atoms with Crippen molar-refractivity contribution < 1.29 is 47.6 Å². The van der Waals surface area contributed by atoms with Gasteiger partial charge < -0.3 is 28.4 Å². The van der Waals surface area contributed by atoms with Crippen molar-refractivity contribution in [3.63, 3.8) is 0 Å². The summed E-state index contributed by atoms with van der Waals surface area (Å²) in [5.41, 5.74) is 2.92. The van der Waals surface area contributed by atoms with Crippen LogP contribution in [0.5, 0.6) is 11.5 Å². The van der Waals surface area contributed by atoms with Crippen LogP contribution in [0.3, 0.4) is 0 Å². The number of aryl methyl sites for hydroxylation is 4. The number of carbonyl (C=O) groups excluding carboxylic acids is 4. The molecule has 10 heteroatoms. The number of esters is 4. The van der Waals surface area contributed by atoms with Crippen molar-refractivity contribution in [2.45, 2.75) is 52.1 Å². The first kappa shape index (κ1) is 28.7. The van der Waals surface area contributed by atoms with Crippen molar-refractivity contribution in [2.24, 2.45) is 0 Å². The summed E-state index contributed by atoms with van der Waals surface area (Å²) in [6, 6.07) is 6.29. The second-order valence-corrected chi connectivity index (χ2v) is 9.61. The predicted octanol–water partition coefficient (Wildman–Crippen LogP) is 3.65. The molecule has 2 aliphatic rings. The van der Waals surface area contributed by atoms with Crippen molar-refractivity contribution in [1.29, 1.82) is 0 Å². The quantitative estimate of drug-likeness (QED) is 0.273. The molecule has 4 atom stereocenters. The monoisotopic (exact) mass is 550 g/mol. The van der Waals surface area contributed by atoms with Crippen LogP contribution in [0.1, 0.15) is 43.0 Å². The van der Waals surface area contributed by atoms with Crippen LogP contribution < -0.4 is 9.47 Å². The zero-order chi connectivity index (χ0) is 29.1. The molecule has 0 bridgehead atoms. The van der Waals surface area contributed by atoms with Crippen LogP contribution in [0.2, 0.25) is 0 Å². The lowest BCUT2D eigenvalue weighted by Crippen LogP contribution is -2.36. The standard InChI is InChI=1S/C30H30O10/c1-7-23(31)39-25-15(3)9-19(10-16(25)4)29(33)37-21-13-35-28-22(14-36-27(21)28)38-30(34)20-11-17(5)26(18(6)12-20)40-24(32)8-2/h7-12,21-22,27-28H,1-2,13-14H2,3-6H3/t21-,22+,27-,28-/m1/s1. The summed E-state index contributed by atoms with van der Waals surface area (Å²) in [6.45, 7) is 13.8. The number of ether oxygens (including phenoxy) is 6. The second kappa shape index (κ2) is 11.8. The summed E-state index contributed by atoms with van der Waals surface area (Å²) in [5.74, 6) is -1.66. The van der Waals surface area contributed by atoms with E-state index in [1.807, 2.05) is 0 Å². The van der Waals surface area contributed by atoms with Crippen LogP contribution in [-0.2, 0) is 28.5 Å². The highest BCUT2D eigenvalue weighted by atomic mass is 16.7. The molecule has 10 nitrogen and oxygen atoms in total. The summed E-state index contributed by atoms with van der Waals surface area (Å²) in [7, 11) is 0. The minimum absolute atomic E-state index is 0.0731. The van der Waals surface area contributed by atoms with E-state index in [-0.39, 0.29) is 24.3 Å². The minimum atomic E-state index is -0.705. The number of fused-ring (bicyclic) bond motifs is 1. The highest BCUT2D eigenvalue weighted by Gasteiger charge is 2.51. The molecule has 0 saturated carbocycles. The average molecular weight is 551 g/mol. The molecule has 210 valence electrons. The molecule has 2 heterocycles. The van der Waals surface area contributed by atoms with Gasteiger partial charge in [-0.25, -0.2) is 19.2 Å². The number of hydrogen-bond donors (Lipinski definition) is 0. The van der Waals surface area contributed by atoms with Gasteiger partial charge >= 0.3 is 23.9 Å². The van der Waals surface area contributed by atoms with Gasteiger partial charge in [0.2, 0.25) is 0 Å². The first-order valence-electron chi connectivity index (χ1n) is 12.6. The van der Waals surface area contributed by atoms with E-state index >= 15 is 0 Å². The normalized spacial score (nSPS) is 21.2. The Morgan fingerprint density at radius 1 is 0.675 bits per heavy atom. The SMILES string of the molecule is C=CC(=O)Oc1c(C)cc(C(=O)O[C@H]2CO[C@H]3[C@@H]2OC[C@H]3OC(=O)c2cc(C)c(OC(=O)C=C)c(C)c2)cc1C. The fourth-order valence-electron chi connectivity index (χ4n) is 4.78. The third-order valence-electron chi connectivity index (χ3n) is 6.61. The van der Waals surface area contributed by atoms with E-state index in [9.17, 15) is 19.2 Å². The first-order chi connectivity index (χ1) is 19.0. The van der Waals surface area contributed by atoms with Crippen LogP contribution in [-0.4, -0.2) is 61.5 Å². The fourth-order valence-corrected chi connectivity index (χ4v) is 4.78. The molecule has 2 saturated heterocycles. The zero-order valence-electron chi connectivity index (χ0n) is 22.7. The molecule has 40 heavy (non-hydrogen) atoms. The maximum absolute atomic E-state index is 12.9. The van der Waals surface area contributed by atoms with E-state index < -0.39 is 48.3 Å². The van der Waals surface area contributed by atoms with Crippen molar-refractivity contribution in [3.8, 4) is 11.5 Å². The number of rotatable bonds is 8. The Kier molecular flexibility index (Phi) is 8.51. The number of hydrogen-bond acceptors (Lipinski definition) is 10. The fraction of sp³-hybridized carbons (Fsp3) is 0.333. The van der Waals surface area contributed by atoms with Crippen LogP contribution in [0.4, 0.5) is 0 Å². The lowest BCUT2D eigenvalue weighted by molar-refractivity contribution is -0.129. The van der Waals surface area contributed by atoms with Gasteiger partial charge in [0.1, 0.15) is 23.7 Å². The maximum Gasteiger partial charge on any atom is 0.338 e. The third-order valence-corrected chi connectivity index (χ3v) is 6.61. The smallest absolute Gasteiger partial charge is 0.338 e. The van der Waals surface area contributed by atoms with E-state index in [0.717, 1.165) is 12.2 Å². The topological polar surface area (TPSA) is 124 Å². The van der Waals surface area contributed by atoms with Crippen LogP contribution in [0, 0.1) is 27.7 Å². The van der Waals surface area contributed by atoms with Gasteiger partial charge in [0.25, 0.3) is 0 Å². The maximum atomic E-state index is 12.9. The van der Waals surface area contributed by atoms with E-state index in [0.29, 0.717) is 33.8 Å². The van der Waals surface area contributed by atoms with Crippen LogP contribution in [0.25, 0.3) is 0 Å². The first-order valence-corrected chi connectivity index (χ1v) is 12.6. The van der Waals surface area contributed by atoms with Gasteiger partial charge in [-0.1, -0.05) is 13.2 Å². The molecule has 2 aromatic rings. The van der Waals surface area contributed by atoms with E-state index in [1.165, 1.54) is 0 Å². The van der Waals surface area contributed by atoms with E-state index in [2.05, 4.69) is 13.2 Å². The lowest BCUT2D eigenvalue weighted by Gasteiger charge is -2.18. The van der Waals surface area contributed by atoms with Crippen molar-refractivity contribution in [3.05, 3.63) is 83.0 Å². The van der Waals surface area contributed by atoms with Crippen LogP contribution in [0.15, 0.2) is 49.6 Å². The Labute approximate surface area is 231 Å².